The van der Waals surface area contributed by atoms with E-state index < -0.39 is 0 Å². The first kappa shape index (κ1) is 14.6. The van der Waals surface area contributed by atoms with Gasteiger partial charge < -0.3 is 10.1 Å². The molecule has 98 valence electrons. The molecular formula is C13H23NO2S. The summed E-state index contributed by atoms with van der Waals surface area (Å²) in [6.07, 6.45) is 7.36. The molecule has 0 amide bonds. The van der Waals surface area contributed by atoms with Crippen molar-refractivity contribution in [3.63, 3.8) is 0 Å². The zero-order chi connectivity index (χ0) is 12.7. The quantitative estimate of drug-likeness (QED) is 0.561. The van der Waals surface area contributed by atoms with E-state index in [2.05, 4.69) is 18.2 Å². The second kappa shape index (κ2) is 7.07. The number of ether oxygens (including phenoxy) is 1. The standard InChI is InChI=1S/C13H23NO2S/c1-4-16-12(15)11(2)9-14-10-13(17-3)7-5-6-8-13/h14H,2,4-10H2,1,3H3. The topological polar surface area (TPSA) is 38.3 Å². The molecule has 4 heteroatoms. The van der Waals surface area contributed by atoms with Crippen LogP contribution < -0.4 is 5.32 Å². The van der Waals surface area contributed by atoms with Crippen LogP contribution in [-0.4, -0.2) is 36.7 Å². The minimum atomic E-state index is -0.287. The SMILES string of the molecule is C=C(CNCC1(SC)CCCC1)C(=O)OCC. The van der Waals surface area contributed by atoms with Gasteiger partial charge in [0.05, 0.1) is 6.61 Å². The molecule has 0 saturated heterocycles. The maximum atomic E-state index is 11.4. The van der Waals surface area contributed by atoms with Crippen molar-refractivity contribution in [2.75, 3.05) is 26.0 Å². The van der Waals surface area contributed by atoms with Crippen LogP contribution in [0.15, 0.2) is 12.2 Å². The van der Waals surface area contributed by atoms with Crippen molar-refractivity contribution in [2.24, 2.45) is 0 Å². The highest BCUT2D eigenvalue weighted by atomic mass is 32.2. The molecule has 0 heterocycles. The van der Waals surface area contributed by atoms with Crippen LogP contribution in [0.2, 0.25) is 0 Å². The van der Waals surface area contributed by atoms with E-state index in [0.717, 1.165) is 6.54 Å². The molecule has 0 radical (unpaired) electrons. The normalized spacial score (nSPS) is 18.0. The van der Waals surface area contributed by atoms with E-state index >= 15 is 0 Å². The van der Waals surface area contributed by atoms with E-state index in [9.17, 15) is 4.79 Å². The molecule has 0 spiro atoms. The zero-order valence-electron chi connectivity index (χ0n) is 10.9. The largest absolute Gasteiger partial charge is 0.463 e. The van der Waals surface area contributed by atoms with Crippen molar-refractivity contribution >= 4 is 17.7 Å². The fraction of sp³-hybridized carbons (Fsp3) is 0.769. The molecule has 0 unspecified atom stereocenters. The number of esters is 1. The molecule has 0 atom stereocenters. The molecule has 1 saturated carbocycles. The molecule has 0 bridgehead atoms. The van der Waals surface area contributed by atoms with E-state index in [1.54, 1.807) is 6.92 Å². The lowest BCUT2D eigenvalue weighted by Crippen LogP contribution is -2.36. The van der Waals surface area contributed by atoms with Gasteiger partial charge in [-0.05, 0) is 26.0 Å². The van der Waals surface area contributed by atoms with Crippen LogP contribution in [0, 0.1) is 0 Å². The van der Waals surface area contributed by atoms with Gasteiger partial charge in [0, 0.05) is 23.4 Å². The van der Waals surface area contributed by atoms with Gasteiger partial charge in [0.1, 0.15) is 0 Å². The lowest BCUT2D eigenvalue weighted by molar-refractivity contribution is -0.138. The van der Waals surface area contributed by atoms with Gasteiger partial charge in [-0.15, -0.1) is 0 Å². The maximum absolute atomic E-state index is 11.4. The Morgan fingerprint density at radius 1 is 1.47 bits per heavy atom. The molecule has 0 aromatic rings. The summed E-state index contributed by atoms with van der Waals surface area (Å²) >= 11 is 1.94. The average Bonchev–Trinajstić information content (AvgIpc) is 2.78. The molecule has 3 nitrogen and oxygen atoms in total. The summed E-state index contributed by atoms with van der Waals surface area (Å²) in [5.41, 5.74) is 0.515. The first-order valence-corrected chi connectivity index (χ1v) is 7.47. The van der Waals surface area contributed by atoms with Crippen molar-refractivity contribution in [1.82, 2.24) is 5.32 Å². The molecule has 1 N–H and O–H groups in total. The smallest absolute Gasteiger partial charge is 0.334 e. The molecule has 1 fully saturated rings. The summed E-state index contributed by atoms with van der Waals surface area (Å²) in [6, 6.07) is 0. The van der Waals surface area contributed by atoms with Crippen molar-refractivity contribution < 1.29 is 9.53 Å². The van der Waals surface area contributed by atoms with E-state index in [-0.39, 0.29) is 5.97 Å². The summed E-state index contributed by atoms with van der Waals surface area (Å²) < 4.78 is 5.26. The Bertz CT molecular complexity index is 273. The van der Waals surface area contributed by atoms with E-state index in [1.807, 2.05) is 11.8 Å². The highest BCUT2D eigenvalue weighted by Crippen LogP contribution is 2.39. The fourth-order valence-corrected chi connectivity index (χ4v) is 3.16. The number of rotatable bonds is 7. The predicted molar refractivity (Wildman–Crippen MR) is 73.4 cm³/mol. The lowest BCUT2D eigenvalue weighted by atomic mass is 10.1. The number of hydrogen-bond acceptors (Lipinski definition) is 4. The minimum Gasteiger partial charge on any atom is -0.463 e. The number of nitrogens with one attached hydrogen (secondary N) is 1. The number of carbonyl (C=O) groups is 1. The van der Waals surface area contributed by atoms with E-state index in [1.165, 1.54) is 25.7 Å². The number of hydrogen-bond donors (Lipinski definition) is 1. The van der Waals surface area contributed by atoms with Crippen LogP contribution in [0.3, 0.4) is 0 Å². The van der Waals surface area contributed by atoms with Gasteiger partial charge in [-0.2, -0.15) is 11.8 Å². The Balaban J connectivity index is 2.27. The Labute approximate surface area is 108 Å². The van der Waals surface area contributed by atoms with Crippen LogP contribution >= 0.6 is 11.8 Å². The summed E-state index contributed by atoms with van der Waals surface area (Å²) in [6.45, 7) is 7.44. The van der Waals surface area contributed by atoms with Crippen LogP contribution in [0.1, 0.15) is 32.6 Å². The summed E-state index contributed by atoms with van der Waals surface area (Å²) in [7, 11) is 0. The second-order valence-corrected chi connectivity index (χ2v) is 5.80. The first-order valence-electron chi connectivity index (χ1n) is 6.24. The summed E-state index contributed by atoms with van der Waals surface area (Å²) in [5, 5.41) is 3.34. The monoisotopic (exact) mass is 257 g/mol. The van der Waals surface area contributed by atoms with Crippen molar-refractivity contribution in [1.29, 1.82) is 0 Å². The number of carbonyl (C=O) groups excluding carboxylic acids is 1. The lowest BCUT2D eigenvalue weighted by Gasteiger charge is -2.27. The Hall–Kier alpha value is -0.480. The van der Waals surface area contributed by atoms with Crippen LogP contribution in [0.4, 0.5) is 0 Å². The van der Waals surface area contributed by atoms with Gasteiger partial charge in [0.15, 0.2) is 0 Å². The van der Waals surface area contributed by atoms with Gasteiger partial charge >= 0.3 is 5.97 Å². The predicted octanol–water partition coefficient (Wildman–Crippen LogP) is 2.37. The summed E-state index contributed by atoms with van der Waals surface area (Å²) in [5.74, 6) is -0.287. The highest BCUT2D eigenvalue weighted by Gasteiger charge is 2.32. The van der Waals surface area contributed by atoms with Crippen LogP contribution in [-0.2, 0) is 9.53 Å². The molecule has 0 aromatic heterocycles. The van der Waals surface area contributed by atoms with Crippen LogP contribution in [0.5, 0.6) is 0 Å². The van der Waals surface area contributed by atoms with Gasteiger partial charge in [0.25, 0.3) is 0 Å². The third-order valence-electron chi connectivity index (χ3n) is 3.30. The second-order valence-electron chi connectivity index (χ2n) is 4.52. The Kier molecular flexibility index (Phi) is 6.06. The maximum Gasteiger partial charge on any atom is 0.334 e. The highest BCUT2D eigenvalue weighted by molar-refractivity contribution is 8.00. The van der Waals surface area contributed by atoms with Gasteiger partial charge in [-0.25, -0.2) is 4.79 Å². The Morgan fingerprint density at radius 3 is 2.65 bits per heavy atom. The third-order valence-corrected chi connectivity index (χ3v) is 4.72. The minimum absolute atomic E-state index is 0.287. The van der Waals surface area contributed by atoms with Crippen molar-refractivity contribution in [2.45, 2.75) is 37.4 Å². The molecule has 1 rings (SSSR count). The molecule has 0 aliphatic heterocycles. The molecule has 0 aromatic carbocycles. The first-order chi connectivity index (χ1) is 8.13. The fourth-order valence-electron chi connectivity index (χ4n) is 2.22. The Morgan fingerprint density at radius 2 is 2.12 bits per heavy atom. The molecular weight excluding hydrogens is 234 g/mol. The molecule has 1 aliphatic carbocycles. The van der Waals surface area contributed by atoms with Crippen molar-refractivity contribution in [3.05, 3.63) is 12.2 Å². The van der Waals surface area contributed by atoms with Gasteiger partial charge in [0.2, 0.25) is 0 Å². The van der Waals surface area contributed by atoms with E-state index in [4.69, 9.17) is 4.74 Å². The molecule has 17 heavy (non-hydrogen) atoms. The zero-order valence-corrected chi connectivity index (χ0v) is 11.7. The van der Waals surface area contributed by atoms with E-state index in [0.29, 0.717) is 23.5 Å². The number of thioether (sulfide) groups is 1. The average molecular weight is 257 g/mol. The molecule has 1 aliphatic rings. The van der Waals surface area contributed by atoms with Crippen molar-refractivity contribution in [3.8, 4) is 0 Å². The van der Waals surface area contributed by atoms with Crippen LogP contribution in [0.25, 0.3) is 0 Å². The van der Waals surface area contributed by atoms with Gasteiger partial charge in [-0.3, -0.25) is 0 Å². The summed E-state index contributed by atoms with van der Waals surface area (Å²) in [4.78, 5) is 11.4. The van der Waals surface area contributed by atoms with Gasteiger partial charge in [-0.1, -0.05) is 19.4 Å². The third kappa shape index (κ3) is 4.36.